The first-order valence-corrected chi connectivity index (χ1v) is 7.90. The van der Waals surface area contributed by atoms with Gasteiger partial charge in [-0.25, -0.2) is 9.78 Å². The summed E-state index contributed by atoms with van der Waals surface area (Å²) in [6.45, 7) is 0. The van der Waals surface area contributed by atoms with Crippen LogP contribution in [0.2, 0.25) is 0 Å². The summed E-state index contributed by atoms with van der Waals surface area (Å²) in [5.41, 5.74) is 6.54. The monoisotopic (exact) mass is 314 g/mol. The van der Waals surface area contributed by atoms with E-state index < -0.39 is 5.97 Å². The van der Waals surface area contributed by atoms with Crippen molar-refractivity contribution < 1.29 is 9.53 Å². The third-order valence-electron chi connectivity index (χ3n) is 2.03. The van der Waals surface area contributed by atoms with Gasteiger partial charge >= 0.3 is 5.97 Å². The highest BCUT2D eigenvalue weighted by atomic mass is 32.2. The lowest BCUT2D eigenvalue weighted by Gasteiger charge is -2.04. The fourth-order valence-corrected chi connectivity index (χ4v) is 3.54. The Balaban J connectivity index is 2.25. The minimum Gasteiger partial charge on any atom is -0.464 e. The minimum absolute atomic E-state index is 0.216. The summed E-state index contributed by atoms with van der Waals surface area (Å²) in [5, 5.41) is 8.52. The molecule has 0 aliphatic heterocycles. The molecule has 0 atom stereocenters. The second kappa shape index (κ2) is 6.22. The molecule has 0 aliphatic rings. The Labute approximate surface area is 122 Å². The Bertz CT molecular complexity index is 602. The van der Waals surface area contributed by atoms with Gasteiger partial charge in [0.15, 0.2) is 8.68 Å². The third-order valence-corrected chi connectivity index (χ3v) is 5.00. The van der Waals surface area contributed by atoms with E-state index in [9.17, 15) is 4.79 Å². The summed E-state index contributed by atoms with van der Waals surface area (Å²) in [6.07, 6.45) is 1.93. The van der Waals surface area contributed by atoms with E-state index in [1.807, 2.05) is 6.26 Å². The maximum atomic E-state index is 11.4. The molecular weight excluding hydrogens is 304 g/mol. The highest BCUT2D eigenvalue weighted by Gasteiger charge is 2.13. The number of methoxy groups -OCH3 is 1. The van der Waals surface area contributed by atoms with Crippen LogP contribution in [0.1, 0.15) is 10.5 Å². The number of hydrogen-bond acceptors (Lipinski definition) is 9. The molecular formula is C10H10N4O2S3. The van der Waals surface area contributed by atoms with Gasteiger partial charge in [0.25, 0.3) is 0 Å². The highest BCUT2D eigenvalue weighted by Crippen LogP contribution is 2.34. The molecule has 0 saturated heterocycles. The number of hydrogen-bond donors (Lipinski definition) is 1. The van der Waals surface area contributed by atoms with Crippen molar-refractivity contribution in [2.24, 2.45) is 0 Å². The van der Waals surface area contributed by atoms with Gasteiger partial charge in [-0.15, -0.1) is 10.2 Å². The molecule has 0 aliphatic carbocycles. The van der Waals surface area contributed by atoms with Crippen LogP contribution in [0.15, 0.2) is 25.8 Å². The van der Waals surface area contributed by atoms with E-state index in [1.54, 1.807) is 6.07 Å². The number of nitrogen functional groups attached to an aromatic ring is 1. The van der Waals surface area contributed by atoms with Crippen molar-refractivity contribution in [1.82, 2.24) is 15.2 Å². The van der Waals surface area contributed by atoms with Gasteiger partial charge in [-0.05, 0) is 30.2 Å². The van der Waals surface area contributed by atoms with Crippen LogP contribution < -0.4 is 5.73 Å². The van der Waals surface area contributed by atoms with E-state index in [0.717, 1.165) is 8.68 Å². The maximum absolute atomic E-state index is 11.4. The lowest BCUT2D eigenvalue weighted by molar-refractivity contribution is 0.0593. The summed E-state index contributed by atoms with van der Waals surface area (Å²) in [5.74, 6) is -0.496. The summed E-state index contributed by atoms with van der Waals surface area (Å²) in [7, 11) is 1.31. The van der Waals surface area contributed by atoms with Crippen molar-refractivity contribution in [2.45, 2.75) is 13.7 Å². The van der Waals surface area contributed by atoms with E-state index in [-0.39, 0.29) is 5.69 Å². The quantitative estimate of drug-likeness (QED) is 0.678. The fourth-order valence-electron chi connectivity index (χ4n) is 1.15. The van der Waals surface area contributed by atoms with Gasteiger partial charge in [-0.2, -0.15) is 0 Å². The molecule has 2 rings (SSSR count). The summed E-state index contributed by atoms with van der Waals surface area (Å²) in [4.78, 5) is 15.6. The minimum atomic E-state index is -0.496. The summed E-state index contributed by atoms with van der Waals surface area (Å²) < 4.78 is 6.22. The topological polar surface area (TPSA) is 91.0 Å². The predicted octanol–water partition coefficient (Wildman–Crippen LogP) is 2.17. The van der Waals surface area contributed by atoms with Crippen LogP contribution in [0.25, 0.3) is 0 Å². The van der Waals surface area contributed by atoms with E-state index in [4.69, 9.17) is 5.73 Å². The molecule has 0 amide bonds. The number of ether oxygens (including phenoxy) is 1. The van der Waals surface area contributed by atoms with Gasteiger partial charge < -0.3 is 10.5 Å². The molecule has 0 spiro atoms. The smallest absolute Gasteiger partial charge is 0.356 e. The molecule has 0 saturated carbocycles. The number of pyridine rings is 1. The molecule has 9 heteroatoms. The van der Waals surface area contributed by atoms with Gasteiger partial charge in [0.05, 0.1) is 12.8 Å². The largest absolute Gasteiger partial charge is 0.464 e. The van der Waals surface area contributed by atoms with Crippen LogP contribution in [0.3, 0.4) is 0 Å². The molecule has 6 nitrogen and oxygen atoms in total. The Morgan fingerprint density at radius 1 is 1.37 bits per heavy atom. The van der Waals surface area contributed by atoms with Crippen LogP contribution in [0.5, 0.6) is 0 Å². The molecule has 0 fully saturated rings. The summed E-state index contributed by atoms with van der Waals surface area (Å²) in [6, 6.07) is 3.15. The van der Waals surface area contributed by atoms with E-state index in [2.05, 4.69) is 19.9 Å². The number of anilines is 1. The molecule has 0 aromatic carbocycles. The zero-order chi connectivity index (χ0) is 13.8. The van der Waals surface area contributed by atoms with Gasteiger partial charge in [0.2, 0.25) is 0 Å². The lowest BCUT2D eigenvalue weighted by atomic mass is 10.3. The first-order chi connectivity index (χ1) is 9.13. The number of carbonyl (C=O) groups is 1. The Hall–Kier alpha value is -1.32. The van der Waals surface area contributed by atoms with Crippen molar-refractivity contribution in [3.63, 3.8) is 0 Å². The SMILES string of the molecule is COC(=O)c1ccc(N)c(Sc2nnc(SC)s2)n1. The Morgan fingerprint density at radius 3 is 2.74 bits per heavy atom. The number of nitrogens with two attached hydrogens (primary N) is 1. The van der Waals surface area contributed by atoms with Crippen molar-refractivity contribution in [1.29, 1.82) is 0 Å². The van der Waals surface area contributed by atoms with Crippen molar-refractivity contribution in [3.05, 3.63) is 17.8 Å². The number of esters is 1. The lowest BCUT2D eigenvalue weighted by Crippen LogP contribution is -2.05. The van der Waals surface area contributed by atoms with Crippen LogP contribution >= 0.6 is 34.9 Å². The van der Waals surface area contributed by atoms with Crippen molar-refractivity contribution in [2.75, 3.05) is 19.1 Å². The van der Waals surface area contributed by atoms with Crippen LogP contribution in [0.4, 0.5) is 5.69 Å². The normalized spacial score (nSPS) is 10.4. The van der Waals surface area contributed by atoms with E-state index >= 15 is 0 Å². The van der Waals surface area contributed by atoms with Crippen LogP contribution in [-0.4, -0.2) is 34.5 Å². The second-order valence-corrected chi connectivity index (χ2v) is 6.49. The van der Waals surface area contributed by atoms with Crippen molar-refractivity contribution >= 4 is 46.5 Å². The molecule has 0 radical (unpaired) electrons. The molecule has 0 unspecified atom stereocenters. The average molecular weight is 314 g/mol. The Kier molecular flexibility index (Phi) is 4.61. The third kappa shape index (κ3) is 3.37. The number of thioether (sulfide) groups is 1. The molecule has 2 heterocycles. The zero-order valence-corrected chi connectivity index (χ0v) is 12.6. The molecule has 2 aromatic heterocycles. The van der Waals surface area contributed by atoms with E-state index in [1.165, 1.54) is 48.0 Å². The van der Waals surface area contributed by atoms with Gasteiger partial charge in [0.1, 0.15) is 10.7 Å². The molecule has 19 heavy (non-hydrogen) atoms. The van der Waals surface area contributed by atoms with Crippen LogP contribution in [0, 0.1) is 0 Å². The fraction of sp³-hybridized carbons (Fsp3) is 0.200. The zero-order valence-electron chi connectivity index (χ0n) is 10.1. The van der Waals surface area contributed by atoms with Gasteiger partial charge in [0, 0.05) is 0 Å². The highest BCUT2D eigenvalue weighted by molar-refractivity contribution is 8.03. The first kappa shape index (κ1) is 14.1. The predicted molar refractivity (Wildman–Crippen MR) is 75.8 cm³/mol. The van der Waals surface area contributed by atoms with E-state index in [0.29, 0.717) is 10.7 Å². The summed E-state index contributed by atoms with van der Waals surface area (Å²) >= 11 is 4.25. The van der Waals surface area contributed by atoms with Crippen LogP contribution in [-0.2, 0) is 4.74 Å². The number of carbonyl (C=O) groups excluding carboxylic acids is 1. The Morgan fingerprint density at radius 2 is 2.11 bits per heavy atom. The number of rotatable bonds is 4. The van der Waals surface area contributed by atoms with Gasteiger partial charge in [-0.1, -0.05) is 23.1 Å². The average Bonchev–Trinajstić information content (AvgIpc) is 2.88. The maximum Gasteiger partial charge on any atom is 0.356 e. The number of nitrogens with zero attached hydrogens (tertiary/aromatic N) is 3. The molecule has 100 valence electrons. The number of aromatic nitrogens is 3. The first-order valence-electron chi connectivity index (χ1n) is 5.04. The second-order valence-electron chi connectivity index (χ2n) is 3.22. The van der Waals surface area contributed by atoms with Crippen molar-refractivity contribution in [3.8, 4) is 0 Å². The molecule has 2 N–H and O–H groups in total. The molecule has 2 aromatic rings. The van der Waals surface area contributed by atoms with Gasteiger partial charge in [-0.3, -0.25) is 0 Å². The molecule has 0 bridgehead atoms. The standard InChI is InChI=1S/C10H10N4O2S3/c1-16-8(15)6-4-3-5(11)7(12-6)18-10-14-13-9(17-2)19-10/h3-4H,11H2,1-2H3.